The zero-order chi connectivity index (χ0) is 19.2. The summed E-state index contributed by atoms with van der Waals surface area (Å²) in [6.45, 7) is 3.78. The fraction of sp³-hybridized carbons (Fsp3) is 0.333. The van der Waals surface area contributed by atoms with Gasteiger partial charge in [-0.15, -0.1) is 0 Å². The molecule has 1 saturated heterocycles. The van der Waals surface area contributed by atoms with Gasteiger partial charge in [-0.05, 0) is 12.1 Å². The Bertz CT molecular complexity index is 807. The number of benzene rings is 1. The number of hydrogen-bond donors (Lipinski definition) is 2. The minimum Gasteiger partial charge on any atom is -0.494 e. The number of carbonyl (C=O) groups excluding carboxylic acids is 1. The van der Waals surface area contributed by atoms with Gasteiger partial charge in [0.05, 0.1) is 30.0 Å². The lowest BCUT2D eigenvalue weighted by molar-refractivity contribution is -0.892. The molecule has 27 heavy (non-hydrogen) atoms. The number of non-ortho nitro benzene ring substituents is 1. The molecule has 0 radical (unpaired) electrons. The number of carbonyl (C=O) groups is 1. The Hall–Kier alpha value is -3.20. The molecular weight excluding hydrogens is 350 g/mol. The first-order valence-corrected chi connectivity index (χ1v) is 8.74. The zero-order valence-electron chi connectivity index (χ0n) is 15.1. The minimum atomic E-state index is -0.498. The summed E-state index contributed by atoms with van der Waals surface area (Å²) < 4.78 is 5.15. The molecule has 3 N–H and O–H groups in total. The Morgan fingerprint density at radius 2 is 2.11 bits per heavy atom. The van der Waals surface area contributed by atoms with E-state index in [1.54, 1.807) is 0 Å². The molecule has 1 aromatic heterocycles. The van der Waals surface area contributed by atoms with Crippen molar-refractivity contribution in [3.63, 3.8) is 0 Å². The number of aromatic amines is 1. The highest BCUT2D eigenvalue weighted by Crippen LogP contribution is 2.28. The van der Waals surface area contributed by atoms with Gasteiger partial charge in [0.2, 0.25) is 0 Å². The van der Waals surface area contributed by atoms with E-state index in [1.165, 1.54) is 30.2 Å². The maximum atomic E-state index is 12.4. The Kier molecular flexibility index (Phi) is 5.82. The molecule has 1 aliphatic heterocycles. The Morgan fingerprint density at radius 1 is 1.33 bits per heavy atom. The molecule has 0 unspecified atom stereocenters. The summed E-state index contributed by atoms with van der Waals surface area (Å²) in [6.07, 6.45) is 1.90. The summed E-state index contributed by atoms with van der Waals surface area (Å²) in [4.78, 5) is 29.4. The number of nitro groups is 1. The van der Waals surface area contributed by atoms with Crippen molar-refractivity contribution >= 4 is 23.1 Å². The molecule has 0 bridgehead atoms. The topological polar surface area (TPSA) is 103 Å². The highest BCUT2D eigenvalue weighted by atomic mass is 16.6. The van der Waals surface area contributed by atoms with Crippen LogP contribution < -0.4 is 24.8 Å². The number of ether oxygens (including phenoxy) is 1. The molecule has 0 aliphatic carbocycles. The van der Waals surface area contributed by atoms with Crippen LogP contribution in [0.4, 0.5) is 17.2 Å². The second kappa shape index (κ2) is 8.45. The van der Waals surface area contributed by atoms with Crippen molar-refractivity contribution in [3.8, 4) is 5.75 Å². The highest BCUT2D eigenvalue weighted by Gasteiger charge is 2.27. The number of pyridine rings is 1. The van der Waals surface area contributed by atoms with Gasteiger partial charge in [-0.3, -0.25) is 19.8 Å². The SMILES string of the molecule is COc1cc([N+](=O)[O-])ccc1NC(=O)C[NH+]1CCN(c2cccc[nH+]2)CC1. The van der Waals surface area contributed by atoms with E-state index in [-0.39, 0.29) is 17.3 Å². The van der Waals surface area contributed by atoms with Crippen LogP contribution in [-0.4, -0.2) is 50.7 Å². The number of hydrogen-bond acceptors (Lipinski definition) is 5. The summed E-state index contributed by atoms with van der Waals surface area (Å²) >= 11 is 0. The molecule has 142 valence electrons. The summed E-state index contributed by atoms with van der Waals surface area (Å²) in [6, 6.07) is 10.1. The second-order valence-electron chi connectivity index (χ2n) is 6.35. The Balaban J connectivity index is 1.54. The average molecular weight is 373 g/mol. The zero-order valence-corrected chi connectivity index (χ0v) is 15.1. The van der Waals surface area contributed by atoms with Gasteiger partial charge in [-0.2, -0.15) is 0 Å². The van der Waals surface area contributed by atoms with E-state index in [1.807, 2.05) is 24.4 Å². The van der Waals surface area contributed by atoms with Crippen LogP contribution in [0, 0.1) is 10.1 Å². The van der Waals surface area contributed by atoms with Gasteiger partial charge in [-0.25, -0.2) is 4.98 Å². The van der Waals surface area contributed by atoms with Crippen LogP contribution in [0.1, 0.15) is 0 Å². The van der Waals surface area contributed by atoms with Crippen molar-refractivity contribution in [1.82, 2.24) is 0 Å². The molecule has 3 rings (SSSR count). The smallest absolute Gasteiger partial charge is 0.279 e. The predicted molar refractivity (Wildman–Crippen MR) is 99.1 cm³/mol. The molecule has 1 aromatic carbocycles. The van der Waals surface area contributed by atoms with Crippen LogP contribution in [0.5, 0.6) is 5.75 Å². The lowest BCUT2D eigenvalue weighted by Gasteiger charge is -2.27. The van der Waals surface area contributed by atoms with Gasteiger partial charge < -0.3 is 15.0 Å². The fourth-order valence-corrected chi connectivity index (χ4v) is 3.14. The van der Waals surface area contributed by atoms with Crippen LogP contribution in [0.15, 0.2) is 42.6 Å². The molecule has 0 spiro atoms. The van der Waals surface area contributed by atoms with E-state index in [0.717, 1.165) is 32.0 Å². The van der Waals surface area contributed by atoms with Gasteiger partial charge in [0.1, 0.15) is 31.9 Å². The molecule has 0 saturated carbocycles. The van der Waals surface area contributed by atoms with Crippen molar-refractivity contribution in [3.05, 3.63) is 52.7 Å². The second-order valence-corrected chi connectivity index (χ2v) is 6.35. The summed E-state index contributed by atoms with van der Waals surface area (Å²) in [5.41, 5.74) is 0.356. The van der Waals surface area contributed by atoms with Crippen LogP contribution in [0.25, 0.3) is 0 Å². The molecule has 0 atom stereocenters. The largest absolute Gasteiger partial charge is 0.494 e. The summed E-state index contributed by atoms with van der Waals surface area (Å²) in [7, 11) is 1.42. The lowest BCUT2D eigenvalue weighted by atomic mass is 10.2. The van der Waals surface area contributed by atoms with Crippen molar-refractivity contribution in [2.75, 3.05) is 50.1 Å². The van der Waals surface area contributed by atoms with E-state index >= 15 is 0 Å². The number of methoxy groups -OCH3 is 1. The number of rotatable bonds is 6. The quantitative estimate of drug-likeness (QED) is 0.537. The van der Waals surface area contributed by atoms with Crippen LogP contribution in [0.2, 0.25) is 0 Å². The number of aromatic nitrogens is 1. The highest BCUT2D eigenvalue weighted by molar-refractivity contribution is 5.93. The lowest BCUT2D eigenvalue weighted by Crippen LogP contribution is -3.15. The maximum absolute atomic E-state index is 12.4. The van der Waals surface area contributed by atoms with Gasteiger partial charge in [0.15, 0.2) is 6.54 Å². The number of H-pyrrole nitrogens is 1. The molecule has 1 fully saturated rings. The predicted octanol–water partition coefficient (Wildman–Crippen LogP) is -0.239. The van der Waals surface area contributed by atoms with E-state index < -0.39 is 4.92 Å². The molecular formula is C18H23N5O4+2. The van der Waals surface area contributed by atoms with E-state index in [4.69, 9.17) is 4.74 Å². The maximum Gasteiger partial charge on any atom is 0.279 e. The molecule has 2 heterocycles. The van der Waals surface area contributed by atoms with Gasteiger partial charge in [0.25, 0.3) is 17.4 Å². The van der Waals surface area contributed by atoms with Crippen LogP contribution in [-0.2, 0) is 4.79 Å². The van der Waals surface area contributed by atoms with Crippen molar-refractivity contribution in [2.24, 2.45) is 0 Å². The first-order chi connectivity index (χ1) is 13.1. The van der Waals surface area contributed by atoms with Crippen LogP contribution in [0.3, 0.4) is 0 Å². The van der Waals surface area contributed by atoms with Crippen molar-refractivity contribution < 1.29 is 24.3 Å². The van der Waals surface area contributed by atoms with Crippen LogP contribution >= 0.6 is 0 Å². The molecule has 1 aliphatic rings. The monoisotopic (exact) mass is 373 g/mol. The number of amides is 1. The van der Waals surface area contributed by atoms with Gasteiger partial charge >= 0.3 is 0 Å². The fourth-order valence-electron chi connectivity index (χ4n) is 3.14. The number of anilines is 2. The summed E-state index contributed by atoms with van der Waals surface area (Å²) in [5, 5.41) is 13.6. The molecule has 2 aromatic rings. The normalized spacial score (nSPS) is 14.6. The number of nitrogens with one attached hydrogen (secondary N) is 3. The standard InChI is InChI=1S/C18H21N5O4/c1-27-16-12-14(23(25)26)5-6-15(16)20-18(24)13-21-8-10-22(11-9-21)17-4-2-3-7-19-17/h2-7,12H,8-11,13H2,1H3,(H,20,24)/p+2. The number of quaternary nitrogens is 1. The van der Waals surface area contributed by atoms with E-state index in [0.29, 0.717) is 12.2 Å². The van der Waals surface area contributed by atoms with Gasteiger partial charge in [0, 0.05) is 12.1 Å². The molecule has 1 amide bonds. The number of piperazine rings is 1. The first kappa shape index (κ1) is 18.6. The number of nitro benzene ring substituents is 1. The molecule has 9 nitrogen and oxygen atoms in total. The minimum absolute atomic E-state index is 0.0793. The average Bonchev–Trinajstić information content (AvgIpc) is 2.69. The number of nitrogens with zero attached hydrogens (tertiary/aromatic N) is 2. The Morgan fingerprint density at radius 3 is 2.74 bits per heavy atom. The van der Waals surface area contributed by atoms with E-state index in [9.17, 15) is 14.9 Å². The first-order valence-electron chi connectivity index (χ1n) is 8.74. The van der Waals surface area contributed by atoms with Crippen molar-refractivity contribution in [2.45, 2.75) is 0 Å². The third-order valence-corrected chi connectivity index (χ3v) is 4.58. The third-order valence-electron chi connectivity index (χ3n) is 4.58. The van der Waals surface area contributed by atoms with Crippen molar-refractivity contribution in [1.29, 1.82) is 0 Å². The molecule has 9 heteroatoms. The summed E-state index contributed by atoms with van der Waals surface area (Å²) in [5.74, 6) is 1.21. The van der Waals surface area contributed by atoms with Gasteiger partial charge in [-0.1, -0.05) is 6.07 Å². The Labute approximate surface area is 156 Å². The van der Waals surface area contributed by atoms with E-state index in [2.05, 4.69) is 15.2 Å². The third kappa shape index (κ3) is 4.70.